The second-order valence-corrected chi connectivity index (χ2v) is 2.71. The number of fused-ring (bicyclic) bond motifs is 1. The van der Waals surface area contributed by atoms with Crippen LogP contribution in [0.4, 0.5) is 0 Å². The molecule has 1 aliphatic rings. The molecular weight excluding hydrogens is 156 g/mol. The molecule has 0 aliphatic carbocycles. The molecular formula is C9H8O3. The van der Waals surface area contributed by atoms with Crippen molar-refractivity contribution in [1.29, 1.82) is 0 Å². The third kappa shape index (κ3) is 0.987. The predicted molar refractivity (Wildman–Crippen MR) is 41.2 cm³/mol. The number of hydrogen-bond acceptors (Lipinski definition) is 3. The molecule has 0 radical (unpaired) electrons. The van der Waals surface area contributed by atoms with Crippen LogP contribution in [-0.4, -0.2) is 11.1 Å². The molecule has 0 aromatic heterocycles. The molecule has 1 aromatic carbocycles. The number of esters is 1. The third-order valence-corrected chi connectivity index (χ3v) is 1.94. The number of carbonyl (C=O) groups excluding carboxylic acids is 1. The number of aliphatic hydroxyl groups is 1. The Hall–Kier alpha value is -1.35. The van der Waals surface area contributed by atoms with E-state index < -0.39 is 12.1 Å². The number of benzene rings is 1. The Morgan fingerprint density at radius 3 is 3.00 bits per heavy atom. The van der Waals surface area contributed by atoms with Crippen LogP contribution in [0.5, 0.6) is 0 Å². The first kappa shape index (κ1) is 7.31. The number of rotatable bonds is 0. The van der Waals surface area contributed by atoms with Gasteiger partial charge in [0.1, 0.15) is 6.61 Å². The van der Waals surface area contributed by atoms with Gasteiger partial charge in [0, 0.05) is 0 Å². The molecule has 2 rings (SSSR count). The van der Waals surface area contributed by atoms with Crippen molar-refractivity contribution < 1.29 is 14.6 Å². The molecule has 0 amide bonds. The number of aliphatic hydroxyl groups excluding tert-OH is 1. The Labute approximate surface area is 69.6 Å². The van der Waals surface area contributed by atoms with Crippen LogP contribution in [0, 0.1) is 0 Å². The van der Waals surface area contributed by atoms with Crippen molar-refractivity contribution in [2.24, 2.45) is 0 Å². The quantitative estimate of drug-likeness (QED) is 0.576. The van der Waals surface area contributed by atoms with E-state index in [9.17, 15) is 9.90 Å². The summed E-state index contributed by atoms with van der Waals surface area (Å²) in [5, 5.41) is 9.36. The lowest BCUT2D eigenvalue weighted by molar-refractivity contribution is -0.157. The maximum Gasteiger partial charge on any atom is 0.339 e. The van der Waals surface area contributed by atoms with Gasteiger partial charge in [0.15, 0.2) is 6.10 Å². The molecule has 12 heavy (non-hydrogen) atoms. The lowest BCUT2D eigenvalue weighted by atomic mass is 10.0. The highest BCUT2D eigenvalue weighted by Crippen LogP contribution is 2.24. The minimum atomic E-state index is -1.10. The van der Waals surface area contributed by atoms with Crippen LogP contribution < -0.4 is 0 Å². The van der Waals surface area contributed by atoms with Crippen molar-refractivity contribution in [2.45, 2.75) is 12.7 Å². The summed E-state index contributed by atoms with van der Waals surface area (Å²) in [6.07, 6.45) is -1.10. The Morgan fingerprint density at radius 2 is 2.17 bits per heavy atom. The summed E-state index contributed by atoms with van der Waals surface area (Å²) >= 11 is 0. The minimum absolute atomic E-state index is 0.270. The fourth-order valence-electron chi connectivity index (χ4n) is 1.29. The van der Waals surface area contributed by atoms with Crippen molar-refractivity contribution in [2.75, 3.05) is 0 Å². The number of ether oxygens (including phenoxy) is 1. The molecule has 0 saturated heterocycles. The second kappa shape index (κ2) is 2.60. The second-order valence-electron chi connectivity index (χ2n) is 2.71. The summed E-state index contributed by atoms with van der Waals surface area (Å²) in [6.45, 7) is 0.270. The van der Waals surface area contributed by atoms with Crippen molar-refractivity contribution in [3.63, 3.8) is 0 Å². The van der Waals surface area contributed by atoms with Crippen molar-refractivity contribution >= 4 is 5.97 Å². The molecule has 62 valence electrons. The molecule has 3 nitrogen and oxygen atoms in total. The fraction of sp³-hybridized carbons (Fsp3) is 0.222. The third-order valence-electron chi connectivity index (χ3n) is 1.94. The Balaban J connectivity index is 2.48. The highest BCUT2D eigenvalue weighted by Gasteiger charge is 2.26. The van der Waals surface area contributed by atoms with Crippen molar-refractivity contribution in [1.82, 2.24) is 0 Å². The van der Waals surface area contributed by atoms with Crippen molar-refractivity contribution in [3.8, 4) is 0 Å². The van der Waals surface area contributed by atoms with Gasteiger partial charge in [-0.2, -0.15) is 0 Å². The van der Waals surface area contributed by atoms with Gasteiger partial charge in [-0.1, -0.05) is 24.3 Å². The van der Waals surface area contributed by atoms with Crippen LogP contribution in [0.2, 0.25) is 0 Å². The van der Waals surface area contributed by atoms with Crippen LogP contribution in [0.1, 0.15) is 17.2 Å². The zero-order valence-corrected chi connectivity index (χ0v) is 6.36. The van der Waals surface area contributed by atoms with Gasteiger partial charge in [-0.3, -0.25) is 0 Å². The Morgan fingerprint density at radius 1 is 1.42 bits per heavy atom. The van der Waals surface area contributed by atoms with E-state index in [0.717, 1.165) is 5.56 Å². The first-order valence-electron chi connectivity index (χ1n) is 3.71. The Kier molecular flexibility index (Phi) is 1.59. The van der Waals surface area contributed by atoms with E-state index in [1.165, 1.54) is 0 Å². The van der Waals surface area contributed by atoms with E-state index in [1.807, 2.05) is 12.1 Å². The first-order valence-corrected chi connectivity index (χ1v) is 3.71. The lowest BCUT2D eigenvalue weighted by Gasteiger charge is -2.19. The first-order chi connectivity index (χ1) is 5.79. The topological polar surface area (TPSA) is 46.5 Å². The molecule has 0 fully saturated rings. The molecule has 1 aliphatic heterocycles. The molecule has 0 bridgehead atoms. The highest BCUT2D eigenvalue weighted by molar-refractivity contribution is 5.78. The van der Waals surface area contributed by atoms with E-state index in [0.29, 0.717) is 5.56 Å². The summed E-state index contributed by atoms with van der Waals surface area (Å²) in [4.78, 5) is 10.9. The van der Waals surface area contributed by atoms with Gasteiger partial charge in [-0.15, -0.1) is 0 Å². The standard InChI is InChI=1S/C9H8O3/c10-8-7-4-2-1-3-6(7)5-12-9(8)11/h1-4,8,10H,5H2. The number of carbonyl (C=O) groups is 1. The zero-order valence-electron chi connectivity index (χ0n) is 6.36. The lowest BCUT2D eigenvalue weighted by Crippen LogP contribution is -2.22. The molecule has 1 atom stereocenters. The normalized spacial score (nSPS) is 21.4. The van der Waals surface area contributed by atoms with Crippen LogP contribution in [0.15, 0.2) is 24.3 Å². The van der Waals surface area contributed by atoms with Gasteiger partial charge >= 0.3 is 5.97 Å². The number of cyclic esters (lactones) is 1. The van der Waals surface area contributed by atoms with Gasteiger partial charge in [-0.05, 0) is 11.1 Å². The van der Waals surface area contributed by atoms with Crippen LogP contribution in [-0.2, 0) is 16.1 Å². The average Bonchev–Trinajstić information content (AvgIpc) is 2.12. The Bertz CT molecular complexity index is 319. The number of hydrogen-bond donors (Lipinski definition) is 1. The van der Waals surface area contributed by atoms with Gasteiger partial charge in [0.05, 0.1) is 0 Å². The largest absolute Gasteiger partial charge is 0.459 e. The SMILES string of the molecule is O=C1OCc2ccccc2C1O. The maximum atomic E-state index is 10.9. The van der Waals surface area contributed by atoms with Crippen LogP contribution in [0.3, 0.4) is 0 Å². The molecule has 0 saturated carbocycles. The average molecular weight is 164 g/mol. The van der Waals surface area contributed by atoms with Gasteiger partial charge < -0.3 is 9.84 Å². The summed E-state index contributed by atoms with van der Waals surface area (Å²) in [5.41, 5.74) is 1.54. The van der Waals surface area contributed by atoms with Gasteiger partial charge in [0.25, 0.3) is 0 Å². The summed E-state index contributed by atoms with van der Waals surface area (Å²) in [5.74, 6) is -0.561. The van der Waals surface area contributed by atoms with Crippen molar-refractivity contribution in [3.05, 3.63) is 35.4 Å². The van der Waals surface area contributed by atoms with E-state index in [4.69, 9.17) is 4.74 Å². The summed E-state index contributed by atoms with van der Waals surface area (Å²) in [6, 6.07) is 7.22. The molecule has 1 aromatic rings. The van der Waals surface area contributed by atoms with E-state index in [-0.39, 0.29) is 6.61 Å². The van der Waals surface area contributed by atoms with E-state index in [1.54, 1.807) is 12.1 Å². The monoisotopic (exact) mass is 164 g/mol. The van der Waals surface area contributed by atoms with Crippen LogP contribution in [0.25, 0.3) is 0 Å². The van der Waals surface area contributed by atoms with E-state index in [2.05, 4.69) is 0 Å². The van der Waals surface area contributed by atoms with E-state index >= 15 is 0 Å². The maximum absolute atomic E-state index is 10.9. The van der Waals surface area contributed by atoms with Gasteiger partial charge in [0.2, 0.25) is 0 Å². The fourth-order valence-corrected chi connectivity index (χ4v) is 1.29. The summed E-state index contributed by atoms with van der Waals surface area (Å²) < 4.78 is 4.73. The molecule has 1 heterocycles. The highest BCUT2D eigenvalue weighted by atomic mass is 16.5. The predicted octanol–water partition coefficient (Wildman–Crippen LogP) is 0.777. The van der Waals surface area contributed by atoms with Crippen LogP contribution >= 0.6 is 0 Å². The molecule has 1 N–H and O–H groups in total. The molecule has 3 heteroatoms. The molecule has 1 unspecified atom stereocenters. The zero-order chi connectivity index (χ0) is 8.55. The molecule has 0 spiro atoms. The van der Waals surface area contributed by atoms with Gasteiger partial charge in [-0.25, -0.2) is 4.79 Å². The minimum Gasteiger partial charge on any atom is -0.459 e. The smallest absolute Gasteiger partial charge is 0.339 e. The summed E-state index contributed by atoms with van der Waals surface area (Å²) in [7, 11) is 0.